The number of nitrogens with one attached hydrogen (secondary N) is 2. The van der Waals surface area contributed by atoms with E-state index in [1.165, 1.54) is 25.6 Å². The number of carbonyl (C=O) groups is 2. The van der Waals surface area contributed by atoms with E-state index in [1.807, 2.05) is 31.2 Å². The van der Waals surface area contributed by atoms with Gasteiger partial charge in [-0.05, 0) is 26.0 Å². The van der Waals surface area contributed by atoms with Gasteiger partial charge >= 0.3 is 0 Å². The Kier molecular flexibility index (Phi) is 6.63. The lowest BCUT2D eigenvalue weighted by molar-refractivity contribution is -0.117. The maximum atomic E-state index is 12.5. The first-order chi connectivity index (χ1) is 14.4. The predicted octanol–water partition coefficient (Wildman–Crippen LogP) is 3.29. The van der Waals surface area contributed by atoms with Gasteiger partial charge in [-0.2, -0.15) is 0 Å². The highest BCUT2D eigenvalue weighted by Gasteiger charge is 2.19. The van der Waals surface area contributed by atoms with Crippen LogP contribution in [0.1, 0.15) is 22.8 Å². The Morgan fingerprint density at radius 2 is 1.63 bits per heavy atom. The van der Waals surface area contributed by atoms with Gasteiger partial charge in [-0.25, -0.2) is 0 Å². The van der Waals surface area contributed by atoms with Gasteiger partial charge in [-0.1, -0.05) is 41.2 Å². The van der Waals surface area contributed by atoms with Crippen molar-refractivity contribution >= 4 is 28.3 Å². The highest BCUT2D eigenvalue weighted by atomic mass is 32.1. The van der Waals surface area contributed by atoms with Gasteiger partial charge in [0.25, 0.3) is 5.91 Å². The average Bonchev–Trinajstić information content (AvgIpc) is 3.22. The molecule has 0 aliphatic rings. The van der Waals surface area contributed by atoms with Crippen LogP contribution in [0.15, 0.2) is 42.5 Å². The number of hydrogen-bond donors (Lipinski definition) is 2. The van der Waals surface area contributed by atoms with E-state index < -0.39 is 17.9 Å². The minimum atomic E-state index is -0.790. The summed E-state index contributed by atoms with van der Waals surface area (Å²) in [5.41, 5.74) is 2.39. The van der Waals surface area contributed by atoms with Crippen molar-refractivity contribution in [2.24, 2.45) is 0 Å². The number of anilines is 1. The molecule has 0 bridgehead atoms. The van der Waals surface area contributed by atoms with Crippen LogP contribution in [-0.4, -0.2) is 42.3 Å². The SMILES string of the molecule is COc1cc(OC)cc(C(=O)NC(C)C(=O)Nc2nnc(-c3ccc(C)cc3)s2)c1. The fraction of sp³-hybridized carbons (Fsp3) is 0.238. The fourth-order valence-corrected chi connectivity index (χ4v) is 3.34. The average molecular weight is 426 g/mol. The Morgan fingerprint density at radius 1 is 1.00 bits per heavy atom. The molecule has 156 valence electrons. The third-order valence-electron chi connectivity index (χ3n) is 4.31. The first-order valence-electron chi connectivity index (χ1n) is 9.15. The quantitative estimate of drug-likeness (QED) is 0.601. The van der Waals surface area contributed by atoms with E-state index in [-0.39, 0.29) is 0 Å². The van der Waals surface area contributed by atoms with Crippen molar-refractivity contribution < 1.29 is 19.1 Å². The van der Waals surface area contributed by atoms with Crippen LogP contribution in [0.5, 0.6) is 11.5 Å². The van der Waals surface area contributed by atoms with Crippen molar-refractivity contribution in [1.82, 2.24) is 15.5 Å². The molecule has 1 heterocycles. The van der Waals surface area contributed by atoms with Crippen LogP contribution >= 0.6 is 11.3 Å². The van der Waals surface area contributed by atoms with Crippen molar-refractivity contribution in [2.75, 3.05) is 19.5 Å². The van der Waals surface area contributed by atoms with Gasteiger partial charge in [0.05, 0.1) is 14.2 Å². The monoisotopic (exact) mass is 426 g/mol. The van der Waals surface area contributed by atoms with Gasteiger partial charge in [0.15, 0.2) is 0 Å². The Morgan fingerprint density at radius 3 is 2.23 bits per heavy atom. The van der Waals surface area contributed by atoms with Crippen LogP contribution in [0.4, 0.5) is 5.13 Å². The second-order valence-corrected chi connectivity index (χ2v) is 7.54. The summed E-state index contributed by atoms with van der Waals surface area (Å²) in [7, 11) is 3.00. The second-order valence-electron chi connectivity index (χ2n) is 6.56. The molecular weight excluding hydrogens is 404 g/mol. The van der Waals surface area contributed by atoms with Crippen LogP contribution in [-0.2, 0) is 4.79 Å². The van der Waals surface area contributed by atoms with Gasteiger partial charge < -0.3 is 14.8 Å². The summed E-state index contributed by atoms with van der Waals surface area (Å²) in [6.45, 7) is 3.60. The van der Waals surface area contributed by atoms with Crippen molar-refractivity contribution in [2.45, 2.75) is 19.9 Å². The van der Waals surface area contributed by atoms with E-state index in [0.29, 0.717) is 27.2 Å². The summed E-state index contributed by atoms with van der Waals surface area (Å²) in [4.78, 5) is 25.0. The smallest absolute Gasteiger partial charge is 0.252 e. The Hall–Kier alpha value is -3.46. The summed E-state index contributed by atoms with van der Waals surface area (Å²) in [5, 5.41) is 14.5. The molecule has 9 heteroatoms. The third-order valence-corrected chi connectivity index (χ3v) is 5.20. The molecular formula is C21H22N4O4S. The van der Waals surface area contributed by atoms with Gasteiger partial charge in [0.1, 0.15) is 22.5 Å². The van der Waals surface area contributed by atoms with E-state index >= 15 is 0 Å². The van der Waals surface area contributed by atoms with Gasteiger partial charge in [-0.15, -0.1) is 10.2 Å². The number of benzene rings is 2. The lowest BCUT2D eigenvalue weighted by Crippen LogP contribution is -2.41. The number of hydrogen-bond acceptors (Lipinski definition) is 7. The molecule has 0 spiro atoms. The first-order valence-corrected chi connectivity index (χ1v) is 9.96. The summed E-state index contributed by atoms with van der Waals surface area (Å²) in [6, 6.07) is 11.9. The molecule has 1 atom stereocenters. The maximum Gasteiger partial charge on any atom is 0.252 e. The summed E-state index contributed by atoms with van der Waals surface area (Å²) in [6.07, 6.45) is 0. The maximum absolute atomic E-state index is 12.5. The molecule has 1 unspecified atom stereocenters. The number of amides is 2. The standard InChI is InChI=1S/C21H22N4O4S/c1-12-5-7-14(8-6-12)20-24-25-21(30-20)23-18(26)13(2)22-19(27)15-9-16(28-3)11-17(10-15)29-4/h5-11,13H,1-4H3,(H,22,27)(H,23,25,26). The highest BCUT2D eigenvalue weighted by molar-refractivity contribution is 7.18. The Balaban J connectivity index is 1.64. The van der Waals surface area contributed by atoms with Crippen molar-refractivity contribution in [3.05, 3.63) is 53.6 Å². The highest BCUT2D eigenvalue weighted by Crippen LogP contribution is 2.26. The van der Waals surface area contributed by atoms with E-state index in [0.717, 1.165) is 11.1 Å². The number of ether oxygens (including phenoxy) is 2. The second kappa shape index (κ2) is 9.36. The lowest BCUT2D eigenvalue weighted by Gasteiger charge is -2.14. The van der Waals surface area contributed by atoms with Crippen molar-refractivity contribution in [1.29, 1.82) is 0 Å². The van der Waals surface area contributed by atoms with Gasteiger partial charge in [0, 0.05) is 17.2 Å². The molecule has 0 saturated heterocycles. The molecule has 3 aromatic rings. The molecule has 30 heavy (non-hydrogen) atoms. The summed E-state index contributed by atoms with van der Waals surface area (Å²) >= 11 is 1.26. The molecule has 2 N–H and O–H groups in total. The fourth-order valence-electron chi connectivity index (χ4n) is 2.58. The zero-order chi connectivity index (χ0) is 21.7. The molecule has 8 nitrogen and oxygen atoms in total. The van der Waals surface area contributed by atoms with Crippen LogP contribution in [0.3, 0.4) is 0 Å². The van der Waals surface area contributed by atoms with E-state index in [9.17, 15) is 9.59 Å². The van der Waals surface area contributed by atoms with Crippen LogP contribution in [0.25, 0.3) is 10.6 Å². The van der Waals surface area contributed by atoms with Crippen LogP contribution in [0.2, 0.25) is 0 Å². The number of rotatable bonds is 7. The summed E-state index contributed by atoms with van der Waals surface area (Å²) in [5.74, 6) is 0.139. The third kappa shape index (κ3) is 5.12. The van der Waals surface area contributed by atoms with Crippen molar-refractivity contribution in [3.8, 4) is 22.1 Å². The van der Waals surface area contributed by atoms with E-state index in [1.54, 1.807) is 25.1 Å². The molecule has 3 rings (SSSR count). The molecule has 2 amide bonds. The lowest BCUT2D eigenvalue weighted by atomic mass is 10.1. The van der Waals surface area contributed by atoms with E-state index in [4.69, 9.17) is 9.47 Å². The summed E-state index contributed by atoms with van der Waals surface area (Å²) < 4.78 is 10.3. The number of methoxy groups -OCH3 is 2. The number of aromatic nitrogens is 2. The van der Waals surface area contributed by atoms with Gasteiger partial charge in [-0.3, -0.25) is 14.9 Å². The largest absolute Gasteiger partial charge is 0.497 e. The normalized spacial score (nSPS) is 11.5. The van der Waals surface area contributed by atoms with Crippen molar-refractivity contribution in [3.63, 3.8) is 0 Å². The first kappa shape index (κ1) is 21.3. The zero-order valence-electron chi connectivity index (χ0n) is 17.1. The van der Waals surface area contributed by atoms with Crippen LogP contribution < -0.4 is 20.1 Å². The van der Waals surface area contributed by atoms with Crippen LogP contribution in [0, 0.1) is 6.92 Å². The van der Waals surface area contributed by atoms with Gasteiger partial charge in [0.2, 0.25) is 11.0 Å². The van der Waals surface area contributed by atoms with E-state index in [2.05, 4.69) is 20.8 Å². The number of nitrogens with zero attached hydrogens (tertiary/aromatic N) is 2. The number of aryl methyl sites for hydroxylation is 1. The molecule has 0 fully saturated rings. The number of carbonyl (C=O) groups excluding carboxylic acids is 2. The molecule has 1 aromatic heterocycles. The minimum absolute atomic E-state index is 0.323. The topological polar surface area (TPSA) is 102 Å². The molecule has 2 aromatic carbocycles. The minimum Gasteiger partial charge on any atom is -0.497 e. The molecule has 0 radical (unpaired) electrons. The molecule has 0 saturated carbocycles. The molecule has 0 aliphatic carbocycles. The zero-order valence-corrected chi connectivity index (χ0v) is 17.9. The Bertz CT molecular complexity index is 1030. The molecule has 0 aliphatic heterocycles. The predicted molar refractivity (Wildman–Crippen MR) is 115 cm³/mol. The Labute approximate surface area is 178 Å².